The van der Waals surface area contributed by atoms with E-state index in [1.54, 1.807) is 0 Å². The molecule has 1 aromatic carbocycles. The second kappa shape index (κ2) is 5.01. The lowest BCUT2D eigenvalue weighted by molar-refractivity contribution is 0.229. The number of rotatable bonds is 4. The molecular formula is C15H23N. The van der Waals surface area contributed by atoms with Crippen LogP contribution in [0.5, 0.6) is 0 Å². The molecule has 1 unspecified atom stereocenters. The third kappa shape index (κ3) is 2.46. The average Bonchev–Trinajstić information content (AvgIpc) is 2.75. The van der Waals surface area contributed by atoms with Gasteiger partial charge in [0.05, 0.1) is 0 Å². The summed E-state index contributed by atoms with van der Waals surface area (Å²) in [5.41, 5.74) is 1.96. The Morgan fingerprint density at radius 1 is 1.19 bits per heavy atom. The minimum absolute atomic E-state index is 0.505. The molecule has 1 aliphatic rings. The van der Waals surface area contributed by atoms with Crippen LogP contribution < -0.4 is 5.32 Å². The molecule has 0 saturated heterocycles. The van der Waals surface area contributed by atoms with Crippen LogP contribution in [0.2, 0.25) is 0 Å². The fourth-order valence-corrected chi connectivity index (χ4v) is 3.08. The third-order valence-electron chi connectivity index (χ3n) is 4.22. The fraction of sp³-hybridized carbons (Fsp3) is 0.600. The lowest BCUT2D eigenvalue weighted by Gasteiger charge is -2.34. The van der Waals surface area contributed by atoms with Crippen LogP contribution in [0.4, 0.5) is 0 Å². The van der Waals surface area contributed by atoms with Gasteiger partial charge in [0.1, 0.15) is 0 Å². The molecule has 1 heteroatoms. The summed E-state index contributed by atoms with van der Waals surface area (Å²) in [7, 11) is 2.11. The quantitative estimate of drug-likeness (QED) is 0.815. The largest absolute Gasteiger partial charge is 0.316 e. The van der Waals surface area contributed by atoms with Gasteiger partial charge in [0, 0.05) is 6.04 Å². The SMILES string of the molecule is CNC(Cc1ccccc1)C1(C)CCCC1. The third-order valence-corrected chi connectivity index (χ3v) is 4.22. The predicted octanol–water partition coefficient (Wildman–Crippen LogP) is 3.40. The first-order valence-corrected chi connectivity index (χ1v) is 6.46. The van der Waals surface area contributed by atoms with Crippen LogP contribution in [-0.4, -0.2) is 13.1 Å². The molecule has 1 aliphatic carbocycles. The van der Waals surface area contributed by atoms with Crippen LogP contribution in [0.15, 0.2) is 30.3 Å². The van der Waals surface area contributed by atoms with Crippen molar-refractivity contribution in [1.29, 1.82) is 0 Å². The zero-order valence-corrected chi connectivity index (χ0v) is 10.5. The zero-order valence-electron chi connectivity index (χ0n) is 10.5. The molecule has 1 aromatic rings. The van der Waals surface area contributed by atoms with Crippen LogP contribution >= 0.6 is 0 Å². The Labute approximate surface area is 99.3 Å². The maximum Gasteiger partial charge on any atom is 0.0158 e. The van der Waals surface area contributed by atoms with Crippen molar-refractivity contribution in [2.24, 2.45) is 5.41 Å². The highest BCUT2D eigenvalue weighted by molar-refractivity contribution is 5.17. The van der Waals surface area contributed by atoms with Gasteiger partial charge in [0.25, 0.3) is 0 Å². The van der Waals surface area contributed by atoms with Gasteiger partial charge in [-0.1, -0.05) is 50.1 Å². The van der Waals surface area contributed by atoms with Gasteiger partial charge in [0.15, 0.2) is 0 Å². The standard InChI is InChI=1S/C15H23N/c1-15(10-6-7-11-15)14(16-2)12-13-8-4-3-5-9-13/h3-5,8-9,14,16H,6-7,10-12H2,1-2H3. The van der Waals surface area contributed by atoms with E-state index in [0.29, 0.717) is 11.5 Å². The molecule has 88 valence electrons. The highest BCUT2D eigenvalue weighted by atomic mass is 14.9. The van der Waals surface area contributed by atoms with E-state index < -0.39 is 0 Å². The van der Waals surface area contributed by atoms with Crippen LogP contribution in [0.25, 0.3) is 0 Å². The Balaban J connectivity index is 2.06. The smallest absolute Gasteiger partial charge is 0.0158 e. The molecule has 1 saturated carbocycles. The summed E-state index contributed by atoms with van der Waals surface area (Å²) in [5, 5.41) is 3.53. The summed E-state index contributed by atoms with van der Waals surface area (Å²) in [6, 6.07) is 11.5. The van der Waals surface area contributed by atoms with Gasteiger partial charge >= 0.3 is 0 Å². The van der Waals surface area contributed by atoms with Crippen molar-refractivity contribution in [3.63, 3.8) is 0 Å². The monoisotopic (exact) mass is 217 g/mol. The molecule has 0 radical (unpaired) electrons. The molecule has 1 N–H and O–H groups in total. The topological polar surface area (TPSA) is 12.0 Å². The number of benzene rings is 1. The van der Waals surface area contributed by atoms with Crippen LogP contribution in [0, 0.1) is 5.41 Å². The minimum Gasteiger partial charge on any atom is -0.316 e. The summed E-state index contributed by atoms with van der Waals surface area (Å²) >= 11 is 0. The first-order chi connectivity index (χ1) is 7.74. The van der Waals surface area contributed by atoms with Gasteiger partial charge in [-0.3, -0.25) is 0 Å². The van der Waals surface area contributed by atoms with Gasteiger partial charge in [-0.25, -0.2) is 0 Å². The van der Waals surface area contributed by atoms with Gasteiger partial charge < -0.3 is 5.32 Å². The summed E-state index contributed by atoms with van der Waals surface area (Å²) in [6.45, 7) is 2.45. The minimum atomic E-state index is 0.505. The molecule has 0 heterocycles. The first kappa shape index (κ1) is 11.7. The summed E-state index contributed by atoms with van der Waals surface area (Å²) in [5.74, 6) is 0. The number of likely N-dealkylation sites (N-methyl/N-ethyl adjacent to an activating group) is 1. The molecule has 0 aliphatic heterocycles. The van der Waals surface area contributed by atoms with Crippen molar-refractivity contribution in [3.05, 3.63) is 35.9 Å². The van der Waals surface area contributed by atoms with Gasteiger partial charge in [-0.2, -0.15) is 0 Å². The van der Waals surface area contributed by atoms with Crippen molar-refractivity contribution >= 4 is 0 Å². The van der Waals surface area contributed by atoms with E-state index in [1.807, 2.05) is 0 Å². The molecule has 0 spiro atoms. The normalized spacial score (nSPS) is 20.9. The van der Waals surface area contributed by atoms with Crippen molar-refractivity contribution in [2.45, 2.75) is 45.1 Å². The second-order valence-electron chi connectivity index (χ2n) is 5.39. The molecule has 0 bridgehead atoms. The molecule has 16 heavy (non-hydrogen) atoms. The van der Waals surface area contributed by atoms with Crippen molar-refractivity contribution in [2.75, 3.05) is 7.05 Å². The van der Waals surface area contributed by atoms with E-state index in [1.165, 1.54) is 31.2 Å². The molecule has 1 nitrogen and oxygen atoms in total. The molecule has 2 rings (SSSR count). The fourth-order valence-electron chi connectivity index (χ4n) is 3.08. The Hall–Kier alpha value is -0.820. The maximum atomic E-state index is 3.53. The Bertz CT molecular complexity index is 311. The molecule has 1 atom stereocenters. The van der Waals surface area contributed by atoms with E-state index in [2.05, 4.69) is 49.6 Å². The van der Waals surface area contributed by atoms with Crippen LogP contribution in [0.3, 0.4) is 0 Å². The molecule has 0 aromatic heterocycles. The number of hydrogen-bond acceptors (Lipinski definition) is 1. The van der Waals surface area contributed by atoms with E-state index >= 15 is 0 Å². The van der Waals surface area contributed by atoms with E-state index in [9.17, 15) is 0 Å². The summed E-state index contributed by atoms with van der Waals surface area (Å²) in [4.78, 5) is 0. The zero-order chi connectivity index (χ0) is 11.4. The van der Waals surface area contributed by atoms with Crippen LogP contribution in [-0.2, 0) is 6.42 Å². The molecular weight excluding hydrogens is 194 g/mol. The highest BCUT2D eigenvalue weighted by Crippen LogP contribution is 2.41. The van der Waals surface area contributed by atoms with Gasteiger partial charge in [0.2, 0.25) is 0 Å². The molecule has 1 fully saturated rings. The second-order valence-corrected chi connectivity index (χ2v) is 5.39. The summed E-state index contributed by atoms with van der Waals surface area (Å²) < 4.78 is 0. The predicted molar refractivity (Wildman–Crippen MR) is 69.6 cm³/mol. The van der Waals surface area contributed by atoms with Crippen molar-refractivity contribution in [3.8, 4) is 0 Å². The lowest BCUT2D eigenvalue weighted by atomic mass is 9.78. The van der Waals surface area contributed by atoms with Gasteiger partial charge in [-0.15, -0.1) is 0 Å². The van der Waals surface area contributed by atoms with E-state index in [0.717, 1.165) is 6.42 Å². The van der Waals surface area contributed by atoms with Crippen LogP contribution in [0.1, 0.15) is 38.2 Å². The maximum absolute atomic E-state index is 3.53. The van der Waals surface area contributed by atoms with E-state index in [4.69, 9.17) is 0 Å². The number of nitrogens with one attached hydrogen (secondary N) is 1. The molecule has 0 amide bonds. The highest BCUT2D eigenvalue weighted by Gasteiger charge is 2.35. The average molecular weight is 217 g/mol. The first-order valence-electron chi connectivity index (χ1n) is 6.46. The number of hydrogen-bond donors (Lipinski definition) is 1. The van der Waals surface area contributed by atoms with Gasteiger partial charge in [-0.05, 0) is 37.3 Å². The Morgan fingerprint density at radius 3 is 2.38 bits per heavy atom. The van der Waals surface area contributed by atoms with Crippen molar-refractivity contribution < 1.29 is 0 Å². The van der Waals surface area contributed by atoms with Crippen molar-refractivity contribution in [1.82, 2.24) is 5.32 Å². The Kier molecular flexibility index (Phi) is 3.65. The Morgan fingerprint density at radius 2 is 1.81 bits per heavy atom. The lowest BCUT2D eigenvalue weighted by Crippen LogP contribution is -2.41. The van der Waals surface area contributed by atoms with E-state index in [-0.39, 0.29) is 0 Å². The summed E-state index contributed by atoms with van der Waals surface area (Å²) in [6.07, 6.45) is 6.73.